The molecule has 0 aliphatic rings. The highest BCUT2D eigenvalue weighted by molar-refractivity contribution is 7.99. The zero-order chi connectivity index (χ0) is 23.5. The first-order valence-electron chi connectivity index (χ1n) is 10.6. The third kappa shape index (κ3) is 7.91. The van der Waals surface area contributed by atoms with Crippen LogP contribution in [0.15, 0.2) is 42.5 Å². The molecule has 0 saturated carbocycles. The van der Waals surface area contributed by atoms with E-state index in [1.54, 1.807) is 24.1 Å². The molecule has 0 unspecified atom stereocenters. The van der Waals surface area contributed by atoms with Gasteiger partial charge in [0.15, 0.2) is 0 Å². The van der Waals surface area contributed by atoms with Gasteiger partial charge in [-0.15, -0.1) is 11.8 Å². The van der Waals surface area contributed by atoms with Crippen molar-refractivity contribution >= 4 is 46.8 Å². The van der Waals surface area contributed by atoms with Crippen LogP contribution in [-0.4, -0.2) is 42.2 Å². The fourth-order valence-corrected chi connectivity index (χ4v) is 4.65. The highest BCUT2D eigenvalue weighted by atomic mass is 35.5. The number of nitrogens with zero attached hydrogens (tertiary/aromatic N) is 1. The van der Waals surface area contributed by atoms with E-state index in [0.717, 1.165) is 23.3 Å². The van der Waals surface area contributed by atoms with Gasteiger partial charge in [0.25, 0.3) is 0 Å². The normalized spacial score (nSPS) is 11.7. The summed E-state index contributed by atoms with van der Waals surface area (Å²) in [6.07, 6.45) is 1.37. The first kappa shape index (κ1) is 26.4. The van der Waals surface area contributed by atoms with E-state index in [-0.39, 0.29) is 17.6 Å². The van der Waals surface area contributed by atoms with Crippen LogP contribution in [0.4, 0.5) is 0 Å². The zero-order valence-corrected chi connectivity index (χ0v) is 21.0. The smallest absolute Gasteiger partial charge is 0.242 e. The number of methoxy groups -OCH3 is 1. The van der Waals surface area contributed by atoms with Gasteiger partial charge in [-0.25, -0.2) is 0 Å². The summed E-state index contributed by atoms with van der Waals surface area (Å²) in [7, 11) is 1.61. The lowest BCUT2D eigenvalue weighted by molar-refractivity contribution is -0.139. The Morgan fingerprint density at radius 1 is 1.12 bits per heavy atom. The Bertz CT molecular complexity index is 893. The molecule has 2 amide bonds. The molecule has 1 N–H and O–H groups in total. The summed E-state index contributed by atoms with van der Waals surface area (Å²) in [6.45, 7) is 4.86. The highest BCUT2D eigenvalue weighted by Gasteiger charge is 2.28. The minimum atomic E-state index is -0.532. The summed E-state index contributed by atoms with van der Waals surface area (Å²) in [5.41, 5.74) is 1.86. The average molecular weight is 497 g/mol. The van der Waals surface area contributed by atoms with E-state index >= 15 is 0 Å². The molecule has 0 heterocycles. The molecule has 8 heteroatoms. The number of amides is 2. The number of nitrogens with one attached hydrogen (secondary N) is 1. The second kappa shape index (κ2) is 13.6. The van der Waals surface area contributed by atoms with Crippen LogP contribution in [0.25, 0.3) is 0 Å². The molecule has 0 aromatic heterocycles. The Balaban J connectivity index is 2.13. The molecule has 0 aliphatic heterocycles. The maximum absolute atomic E-state index is 13.2. The molecule has 0 radical (unpaired) electrons. The van der Waals surface area contributed by atoms with Gasteiger partial charge in [-0.3, -0.25) is 9.59 Å². The topological polar surface area (TPSA) is 58.6 Å². The summed E-state index contributed by atoms with van der Waals surface area (Å²) in [6, 6.07) is 12.3. The Kier molecular flexibility index (Phi) is 11.2. The second-order valence-electron chi connectivity index (χ2n) is 7.31. The van der Waals surface area contributed by atoms with E-state index in [0.29, 0.717) is 35.3 Å². The highest BCUT2D eigenvalue weighted by Crippen LogP contribution is 2.25. The molecular weight excluding hydrogens is 467 g/mol. The molecular formula is C24H30Cl2N2O3S. The number of rotatable bonds is 12. The van der Waals surface area contributed by atoms with Crippen LogP contribution in [0, 0.1) is 0 Å². The van der Waals surface area contributed by atoms with E-state index in [1.807, 2.05) is 44.2 Å². The molecule has 2 rings (SSSR count). The minimum Gasteiger partial charge on any atom is -0.497 e. The van der Waals surface area contributed by atoms with Gasteiger partial charge in [0, 0.05) is 28.9 Å². The van der Waals surface area contributed by atoms with Crippen molar-refractivity contribution in [3.63, 3.8) is 0 Å². The first-order valence-corrected chi connectivity index (χ1v) is 12.5. The quantitative estimate of drug-likeness (QED) is 0.417. The lowest BCUT2D eigenvalue weighted by Gasteiger charge is -2.30. The Morgan fingerprint density at radius 2 is 1.84 bits per heavy atom. The van der Waals surface area contributed by atoms with Gasteiger partial charge in [0.2, 0.25) is 11.8 Å². The van der Waals surface area contributed by atoms with Gasteiger partial charge < -0.3 is 15.0 Å². The van der Waals surface area contributed by atoms with Crippen molar-refractivity contribution in [2.24, 2.45) is 0 Å². The van der Waals surface area contributed by atoms with Crippen LogP contribution in [0.2, 0.25) is 10.0 Å². The molecule has 32 heavy (non-hydrogen) atoms. The number of ether oxygens (including phenoxy) is 1. The maximum atomic E-state index is 13.2. The molecule has 0 bridgehead atoms. The van der Waals surface area contributed by atoms with E-state index in [4.69, 9.17) is 27.9 Å². The van der Waals surface area contributed by atoms with Crippen molar-refractivity contribution in [1.82, 2.24) is 10.2 Å². The van der Waals surface area contributed by atoms with Gasteiger partial charge in [0.1, 0.15) is 11.8 Å². The summed E-state index contributed by atoms with van der Waals surface area (Å²) in [5.74, 6) is 1.36. The molecule has 2 aromatic carbocycles. The van der Waals surface area contributed by atoms with Gasteiger partial charge in [-0.1, -0.05) is 55.2 Å². The molecule has 0 aliphatic carbocycles. The monoisotopic (exact) mass is 496 g/mol. The maximum Gasteiger partial charge on any atom is 0.242 e. The molecule has 0 spiro atoms. The summed E-state index contributed by atoms with van der Waals surface area (Å²) >= 11 is 13.7. The number of hydrogen-bond acceptors (Lipinski definition) is 4. The SMILES string of the molecule is CCCNC(=O)[C@@H](CC)N(Cc1ccc(OC)cc1)C(=O)CSCc1ccc(Cl)cc1Cl. The lowest BCUT2D eigenvalue weighted by Crippen LogP contribution is -2.49. The molecule has 0 saturated heterocycles. The number of carbonyl (C=O) groups is 2. The number of carbonyl (C=O) groups excluding carboxylic acids is 2. The Morgan fingerprint density at radius 3 is 2.44 bits per heavy atom. The number of benzene rings is 2. The Hall–Kier alpha value is -1.89. The minimum absolute atomic E-state index is 0.0885. The van der Waals surface area contributed by atoms with Crippen LogP contribution >= 0.6 is 35.0 Å². The lowest BCUT2D eigenvalue weighted by atomic mass is 10.1. The van der Waals surface area contributed by atoms with Crippen molar-refractivity contribution in [3.8, 4) is 5.75 Å². The van der Waals surface area contributed by atoms with Crippen molar-refractivity contribution in [2.45, 2.75) is 45.0 Å². The average Bonchev–Trinajstić information content (AvgIpc) is 2.79. The van der Waals surface area contributed by atoms with Crippen LogP contribution in [0.5, 0.6) is 5.75 Å². The van der Waals surface area contributed by atoms with E-state index in [9.17, 15) is 9.59 Å². The molecule has 2 aromatic rings. The predicted octanol–water partition coefficient (Wildman–Crippen LogP) is 5.57. The van der Waals surface area contributed by atoms with Crippen molar-refractivity contribution in [2.75, 3.05) is 19.4 Å². The molecule has 1 atom stereocenters. The second-order valence-corrected chi connectivity index (χ2v) is 9.14. The summed E-state index contributed by atoms with van der Waals surface area (Å²) < 4.78 is 5.22. The fraction of sp³-hybridized carbons (Fsp3) is 0.417. The number of halogens is 2. The third-order valence-corrected chi connectivity index (χ3v) is 6.50. The standard InChI is InChI=1S/C24H30Cl2N2O3S/c1-4-12-27-24(30)22(5-2)28(14-17-6-10-20(31-3)11-7-17)23(29)16-32-15-18-8-9-19(25)13-21(18)26/h6-11,13,22H,4-5,12,14-16H2,1-3H3,(H,27,30)/t22-/m1/s1. The number of hydrogen-bond donors (Lipinski definition) is 1. The largest absolute Gasteiger partial charge is 0.497 e. The summed E-state index contributed by atoms with van der Waals surface area (Å²) in [4.78, 5) is 27.7. The van der Waals surface area contributed by atoms with Gasteiger partial charge in [-0.05, 0) is 48.2 Å². The third-order valence-electron chi connectivity index (χ3n) is 4.95. The van der Waals surface area contributed by atoms with E-state index < -0.39 is 6.04 Å². The van der Waals surface area contributed by atoms with Crippen LogP contribution in [0.3, 0.4) is 0 Å². The van der Waals surface area contributed by atoms with E-state index in [1.165, 1.54) is 11.8 Å². The van der Waals surface area contributed by atoms with Crippen LogP contribution in [0.1, 0.15) is 37.8 Å². The van der Waals surface area contributed by atoms with Gasteiger partial charge in [0.05, 0.1) is 12.9 Å². The van der Waals surface area contributed by atoms with Crippen molar-refractivity contribution in [3.05, 3.63) is 63.6 Å². The van der Waals surface area contributed by atoms with Crippen LogP contribution in [-0.2, 0) is 21.9 Å². The van der Waals surface area contributed by atoms with Gasteiger partial charge >= 0.3 is 0 Å². The number of thioether (sulfide) groups is 1. The van der Waals surface area contributed by atoms with E-state index in [2.05, 4.69) is 5.32 Å². The fourth-order valence-electron chi connectivity index (χ4n) is 3.18. The summed E-state index contributed by atoms with van der Waals surface area (Å²) in [5, 5.41) is 4.09. The van der Waals surface area contributed by atoms with Gasteiger partial charge in [-0.2, -0.15) is 0 Å². The zero-order valence-electron chi connectivity index (χ0n) is 18.7. The van der Waals surface area contributed by atoms with Crippen molar-refractivity contribution < 1.29 is 14.3 Å². The van der Waals surface area contributed by atoms with Crippen LogP contribution < -0.4 is 10.1 Å². The first-order chi connectivity index (χ1) is 15.4. The molecule has 174 valence electrons. The predicted molar refractivity (Wildman–Crippen MR) is 134 cm³/mol. The van der Waals surface area contributed by atoms with Crippen molar-refractivity contribution in [1.29, 1.82) is 0 Å². The molecule has 5 nitrogen and oxygen atoms in total. The Labute approximate surface area is 204 Å². The molecule has 0 fully saturated rings.